The van der Waals surface area contributed by atoms with Gasteiger partial charge in [0.2, 0.25) is 11.8 Å². The topological polar surface area (TPSA) is 84.0 Å². The Balaban J connectivity index is 1.36. The molecule has 2 amide bonds. The first kappa shape index (κ1) is 21.4. The quantitative estimate of drug-likeness (QED) is 0.394. The fourth-order valence-electron chi connectivity index (χ4n) is 2.89. The number of thiazole rings is 2. The van der Waals surface area contributed by atoms with Gasteiger partial charge in [0, 0.05) is 28.1 Å². The Morgan fingerprint density at radius 3 is 2.74 bits per heavy atom. The predicted molar refractivity (Wildman–Crippen MR) is 128 cm³/mol. The number of aryl methyl sites for hydroxylation is 1. The molecule has 0 radical (unpaired) electrons. The zero-order chi connectivity index (χ0) is 21.8. The molecule has 0 aliphatic carbocycles. The Morgan fingerprint density at radius 1 is 1.06 bits per heavy atom. The van der Waals surface area contributed by atoms with Gasteiger partial charge in [-0.25, -0.2) is 9.97 Å². The average Bonchev–Trinajstić information content (AvgIpc) is 3.47. The molecule has 3 heterocycles. The molecule has 0 unspecified atom stereocenters. The van der Waals surface area contributed by atoms with E-state index in [0.717, 1.165) is 31.7 Å². The highest BCUT2D eigenvalue weighted by atomic mass is 32.1. The standard InChI is InChI=1S/C22H20N4O2S3/c1-13-4-3-5-15(8-13)21-24-16(11-29-21)9-20(28)26-22-25-18(12-30-22)19-7-6-17(31-19)10-23-14(2)27/h3-8,11-12H,9-10H2,1-2H3,(H,23,27)(H,25,26,28). The number of thiophene rings is 1. The Kier molecular flexibility index (Phi) is 6.55. The maximum absolute atomic E-state index is 12.5. The van der Waals surface area contributed by atoms with E-state index >= 15 is 0 Å². The Bertz CT molecular complexity index is 1220. The van der Waals surface area contributed by atoms with Crippen LogP contribution in [0, 0.1) is 6.92 Å². The maximum Gasteiger partial charge on any atom is 0.232 e. The summed E-state index contributed by atoms with van der Waals surface area (Å²) in [5.74, 6) is -0.195. The van der Waals surface area contributed by atoms with Crippen LogP contribution in [0.5, 0.6) is 0 Å². The van der Waals surface area contributed by atoms with Gasteiger partial charge in [-0.2, -0.15) is 0 Å². The number of hydrogen-bond acceptors (Lipinski definition) is 7. The summed E-state index contributed by atoms with van der Waals surface area (Å²) in [5, 5.41) is 11.0. The summed E-state index contributed by atoms with van der Waals surface area (Å²) < 4.78 is 0. The van der Waals surface area contributed by atoms with Crippen molar-refractivity contribution in [3.8, 4) is 21.1 Å². The van der Waals surface area contributed by atoms with Gasteiger partial charge in [0.1, 0.15) is 5.01 Å². The van der Waals surface area contributed by atoms with E-state index < -0.39 is 0 Å². The maximum atomic E-state index is 12.5. The molecule has 4 rings (SSSR count). The second-order valence-electron chi connectivity index (χ2n) is 6.95. The molecule has 0 aliphatic heterocycles. The number of benzene rings is 1. The number of carbonyl (C=O) groups is 2. The smallest absolute Gasteiger partial charge is 0.232 e. The summed E-state index contributed by atoms with van der Waals surface area (Å²) in [6.45, 7) is 4.05. The van der Waals surface area contributed by atoms with Crippen LogP contribution in [0.2, 0.25) is 0 Å². The molecule has 0 fully saturated rings. The summed E-state index contributed by atoms with van der Waals surface area (Å²) in [4.78, 5) is 34.7. The molecule has 3 aromatic heterocycles. The molecule has 0 saturated heterocycles. The molecule has 31 heavy (non-hydrogen) atoms. The first-order chi connectivity index (χ1) is 15.0. The number of carbonyl (C=O) groups excluding carboxylic acids is 2. The van der Waals surface area contributed by atoms with Crippen LogP contribution in [0.4, 0.5) is 5.13 Å². The molecule has 9 heteroatoms. The lowest BCUT2D eigenvalue weighted by Gasteiger charge is -2.00. The Morgan fingerprint density at radius 2 is 1.94 bits per heavy atom. The van der Waals surface area contributed by atoms with Crippen LogP contribution in [0.1, 0.15) is 23.1 Å². The monoisotopic (exact) mass is 468 g/mol. The minimum absolute atomic E-state index is 0.0558. The number of amides is 2. The highest BCUT2D eigenvalue weighted by Gasteiger charge is 2.13. The fraction of sp³-hybridized carbons (Fsp3) is 0.182. The van der Waals surface area contributed by atoms with Gasteiger partial charge >= 0.3 is 0 Å². The lowest BCUT2D eigenvalue weighted by Crippen LogP contribution is -2.17. The van der Waals surface area contributed by atoms with E-state index in [2.05, 4.69) is 26.7 Å². The number of hydrogen-bond donors (Lipinski definition) is 2. The normalized spacial score (nSPS) is 10.8. The Labute approximate surface area is 192 Å². The van der Waals surface area contributed by atoms with Crippen molar-refractivity contribution < 1.29 is 9.59 Å². The van der Waals surface area contributed by atoms with Gasteiger partial charge in [-0.05, 0) is 25.1 Å². The third-order valence-electron chi connectivity index (χ3n) is 4.33. The first-order valence-electron chi connectivity index (χ1n) is 9.56. The van der Waals surface area contributed by atoms with E-state index in [9.17, 15) is 9.59 Å². The third kappa shape index (κ3) is 5.63. The van der Waals surface area contributed by atoms with Gasteiger partial charge in [-0.3, -0.25) is 9.59 Å². The summed E-state index contributed by atoms with van der Waals surface area (Å²) in [6, 6.07) is 12.1. The predicted octanol–water partition coefficient (Wildman–Crippen LogP) is 5.12. The molecule has 0 aliphatic rings. The van der Waals surface area contributed by atoms with Crippen LogP contribution in [-0.2, 0) is 22.6 Å². The molecule has 0 spiro atoms. The molecule has 158 valence electrons. The zero-order valence-electron chi connectivity index (χ0n) is 17.0. The second-order valence-corrected chi connectivity index (χ2v) is 9.84. The average molecular weight is 469 g/mol. The van der Waals surface area contributed by atoms with Gasteiger partial charge in [-0.1, -0.05) is 23.8 Å². The largest absolute Gasteiger partial charge is 0.351 e. The van der Waals surface area contributed by atoms with Crippen molar-refractivity contribution >= 4 is 51.0 Å². The van der Waals surface area contributed by atoms with E-state index in [4.69, 9.17) is 0 Å². The zero-order valence-corrected chi connectivity index (χ0v) is 19.4. The van der Waals surface area contributed by atoms with Crippen molar-refractivity contribution in [2.75, 3.05) is 5.32 Å². The van der Waals surface area contributed by atoms with Crippen LogP contribution in [-0.4, -0.2) is 21.8 Å². The molecule has 0 atom stereocenters. The Hall–Kier alpha value is -2.88. The van der Waals surface area contributed by atoms with Crippen molar-refractivity contribution in [2.45, 2.75) is 26.8 Å². The lowest BCUT2D eigenvalue weighted by molar-refractivity contribution is -0.119. The van der Waals surface area contributed by atoms with E-state index in [1.807, 2.05) is 48.0 Å². The molecule has 1 aromatic carbocycles. The molecular formula is C22H20N4O2S3. The number of nitrogens with zero attached hydrogens (tertiary/aromatic N) is 2. The summed E-state index contributed by atoms with van der Waals surface area (Å²) in [6.07, 6.45) is 0.205. The number of rotatable bonds is 7. The number of aromatic nitrogens is 2. The van der Waals surface area contributed by atoms with Crippen LogP contribution in [0.15, 0.2) is 47.2 Å². The van der Waals surface area contributed by atoms with E-state index in [-0.39, 0.29) is 18.2 Å². The van der Waals surface area contributed by atoms with Gasteiger partial charge in [0.25, 0.3) is 0 Å². The summed E-state index contributed by atoms with van der Waals surface area (Å²) >= 11 is 4.50. The minimum Gasteiger partial charge on any atom is -0.351 e. The van der Waals surface area contributed by atoms with Crippen LogP contribution in [0.3, 0.4) is 0 Å². The summed E-state index contributed by atoms with van der Waals surface area (Å²) in [5.41, 5.74) is 3.81. The fourth-order valence-corrected chi connectivity index (χ4v) is 5.42. The van der Waals surface area contributed by atoms with Crippen molar-refractivity contribution in [1.82, 2.24) is 15.3 Å². The van der Waals surface area contributed by atoms with E-state index in [0.29, 0.717) is 11.7 Å². The molecule has 6 nitrogen and oxygen atoms in total. The van der Waals surface area contributed by atoms with Gasteiger partial charge in [0.05, 0.1) is 29.2 Å². The minimum atomic E-state index is -0.139. The molecule has 2 N–H and O–H groups in total. The number of anilines is 1. The van der Waals surface area contributed by atoms with Crippen LogP contribution < -0.4 is 10.6 Å². The van der Waals surface area contributed by atoms with Crippen LogP contribution in [0.25, 0.3) is 21.1 Å². The van der Waals surface area contributed by atoms with Crippen LogP contribution >= 0.6 is 34.0 Å². The van der Waals surface area contributed by atoms with Gasteiger partial charge in [-0.15, -0.1) is 34.0 Å². The van der Waals surface area contributed by atoms with Crippen molar-refractivity contribution in [3.63, 3.8) is 0 Å². The summed E-state index contributed by atoms with van der Waals surface area (Å²) in [7, 11) is 0. The SMILES string of the molecule is CC(=O)NCc1ccc(-c2csc(NC(=O)Cc3csc(-c4cccc(C)c4)n3)n2)s1. The third-order valence-corrected chi connectivity index (χ3v) is 7.14. The number of nitrogens with one attached hydrogen (secondary N) is 2. The molecular weight excluding hydrogens is 448 g/mol. The lowest BCUT2D eigenvalue weighted by atomic mass is 10.1. The van der Waals surface area contributed by atoms with Crippen molar-refractivity contribution in [1.29, 1.82) is 0 Å². The van der Waals surface area contributed by atoms with E-state index in [1.54, 1.807) is 22.7 Å². The molecule has 4 aromatic rings. The van der Waals surface area contributed by atoms with E-state index in [1.165, 1.54) is 23.8 Å². The second kappa shape index (κ2) is 9.51. The van der Waals surface area contributed by atoms with Gasteiger partial charge < -0.3 is 10.6 Å². The first-order valence-corrected chi connectivity index (χ1v) is 12.1. The van der Waals surface area contributed by atoms with Crippen molar-refractivity contribution in [3.05, 3.63) is 63.3 Å². The molecule has 0 bridgehead atoms. The highest BCUT2D eigenvalue weighted by Crippen LogP contribution is 2.31. The van der Waals surface area contributed by atoms with Crippen molar-refractivity contribution in [2.24, 2.45) is 0 Å². The highest BCUT2D eigenvalue weighted by molar-refractivity contribution is 7.17. The molecule has 0 saturated carbocycles. The van der Waals surface area contributed by atoms with Gasteiger partial charge in [0.15, 0.2) is 5.13 Å².